The smallest absolute Gasteiger partial charge is 0.253 e. The fourth-order valence-corrected chi connectivity index (χ4v) is 4.72. The Hall–Kier alpha value is -3.51. The van der Waals surface area contributed by atoms with Crippen molar-refractivity contribution in [2.75, 3.05) is 39.5 Å². The number of para-hydroxylation sites is 1. The Bertz CT molecular complexity index is 1300. The van der Waals surface area contributed by atoms with E-state index >= 15 is 0 Å². The molecule has 3 aromatic carbocycles. The highest BCUT2D eigenvalue weighted by Gasteiger charge is 2.23. The summed E-state index contributed by atoms with van der Waals surface area (Å²) in [5.41, 5.74) is 4.18. The number of nitrogens with one attached hydrogen (secondary N) is 1. The molecule has 32 heavy (non-hydrogen) atoms. The third kappa shape index (κ3) is 3.46. The van der Waals surface area contributed by atoms with Gasteiger partial charge in [0.25, 0.3) is 5.91 Å². The summed E-state index contributed by atoms with van der Waals surface area (Å²) in [6.07, 6.45) is 0.960. The maximum atomic E-state index is 13.2. The van der Waals surface area contributed by atoms with Crippen LogP contribution < -0.4 is 9.47 Å². The molecule has 6 nitrogen and oxygen atoms in total. The third-order valence-electron chi connectivity index (χ3n) is 6.57. The van der Waals surface area contributed by atoms with Crippen LogP contribution in [0.15, 0.2) is 60.7 Å². The van der Waals surface area contributed by atoms with Gasteiger partial charge in [0.2, 0.25) is 6.79 Å². The maximum absolute atomic E-state index is 13.2. The largest absolute Gasteiger partial charge is 0.454 e. The van der Waals surface area contributed by atoms with Crippen molar-refractivity contribution >= 4 is 27.7 Å². The molecule has 0 saturated carbocycles. The molecule has 2 aliphatic rings. The molecule has 6 rings (SSSR count). The van der Waals surface area contributed by atoms with Crippen LogP contribution in [0.4, 0.5) is 0 Å². The molecule has 0 spiro atoms. The molecule has 1 aromatic heterocycles. The van der Waals surface area contributed by atoms with Crippen LogP contribution in [-0.2, 0) is 6.42 Å². The molecule has 2 aliphatic heterocycles. The van der Waals surface area contributed by atoms with Crippen molar-refractivity contribution in [2.45, 2.75) is 6.42 Å². The predicted molar refractivity (Wildman–Crippen MR) is 124 cm³/mol. The van der Waals surface area contributed by atoms with E-state index in [2.05, 4.69) is 34.1 Å². The number of aromatic nitrogens is 1. The Morgan fingerprint density at radius 1 is 0.844 bits per heavy atom. The minimum Gasteiger partial charge on any atom is -0.454 e. The van der Waals surface area contributed by atoms with E-state index in [0.717, 1.165) is 78.0 Å². The van der Waals surface area contributed by atoms with E-state index in [4.69, 9.17) is 9.47 Å². The average molecular weight is 428 g/mol. The van der Waals surface area contributed by atoms with Gasteiger partial charge in [0, 0.05) is 60.1 Å². The van der Waals surface area contributed by atoms with Gasteiger partial charge in [0.15, 0.2) is 11.5 Å². The summed E-state index contributed by atoms with van der Waals surface area (Å²) >= 11 is 0. The molecule has 6 heteroatoms. The van der Waals surface area contributed by atoms with Crippen LogP contribution in [0, 0.1) is 0 Å². The molecular weight excluding hydrogens is 402 g/mol. The summed E-state index contributed by atoms with van der Waals surface area (Å²) in [5, 5.41) is 2.26. The second kappa shape index (κ2) is 7.88. The first-order valence-electron chi connectivity index (χ1n) is 11.2. The van der Waals surface area contributed by atoms with Crippen molar-refractivity contribution in [3.63, 3.8) is 0 Å². The Balaban J connectivity index is 1.09. The molecule has 4 aromatic rings. The van der Waals surface area contributed by atoms with Crippen LogP contribution >= 0.6 is 0 Å². The number of fused-ring (bicyclic) bond motifs is 4. The number of carbonyl (C=O) groups excluding carboxylic acids is 1. The van der Waals surface area contributed by atoms with Crippen LogP contribution in [0.25, 0.3) is 21.8 Å². The van der Waals surface area contributed by atoms with E-state index in [9.17, 15) is 4.79 Å². The SMILES string of the molecule is O=C(c1ccc2[nH]c3ccccc3c2c1)N1CCN(CCc2ccc3c(c2)OCO3)CC1. The number of rotatable bonds is 4. The Kier molecular flexibility index (Phi) is 4.72. The fraction of sp³-hybridized carbons (Fsp3) is 0.269. The molecule has 1 fully saturated rings. The van der Waals surface area contributed by atoms with Crippen LogP contribution in [0.1, 0.15) is 15.9 Å². The number of hydrogen-bond donors (Lipinski definition) is 1. The van der Waals surface area contributed by atoms with Crippen molar-refractivity contribution in [2.24, 2.45) is 0 Å². The molecule has 0 radical (unpaired) electrons. The first-order valence-corrected chi connectivity index (χ1v) is 11.2. The highest BCUT2D eigenvalue weighted by molar-refractivity contribution is 6.09. The minimum atomic E-state index is 0.118. The molecule has 0 bridgehead atoms. The normalized spacial score (nSPS) is 16.2. The zero-order valence-electron chi connectivity index (χ0n) is 17.8. The van der Waals surface area contributed by atoms with Gasteiger partial charge >= 0.3 is 0 Å². The lowest BCUT2D eigenvalue weighted by Crippen LogP contribution is -2.49. The van der Waals surface area contributed by atoms with Crippen molar-refractivity contribution in [3.05, 3.63) is 71.8 Å². The monoisotopic (exact) mass is 427 g/mol. The molecule has 0 atom stereocenters. The number of benzene rings is 3. The number of aromatic amines is 1. The van der Waals surface area contributed by atoms with Crippen LogP contribution in [-0.4, -0.2) is 60.2 Å². The van der Waals surface area contributed by atoms with Gasteiger partial charge in [0.05, 0.1) is 0 Å². The number of hydrogen-bond acceptors (Lipinski definition) is 4. The molecule has 1 amide bonds. The summed E-state index contributed by atoms with van der Waals surface area (Å²) < 4.78 is 10.9. The first kappa shape index (κ1) is 19.2. The number of H-pyrrole nitrogens is 1. The van der Waals surface area contributed by atoms with Crippen molar-refractivity contribution in [1.82, 2.24) is 14.8 Å². The summed E-state index contributed by atoms with van der Waals surface area (Å²) in [6.45, 7) is 4.58. The molecule has 0 unspecified atom stereocenters. The second-order valence-electron chi connectivity index (χ2n) is 8.50. The summed E-state index contributed by atoms with van der Waals surface area (Å²) in [6, 6.07) is 20.4. The fourth-order valence-electron chi connectivity index (χ4n) is 4.72. The number of ether oxygens (including phenoxy) is 2. The summed E-state index contributed by atoms with van der Waals surface area (Å²) in [5.74, 6) is 1.78. The molecule has 1 saturated heterocycles. The highest BCUT2D eigenvalue weighted by Crippen LogP contribution is 2.32. The van der Waals surface area contributed by atoms with Gasteiger partial charge in [-0.3, -0.25) is 9.69 Å². The van der Waals surface area contributed by atoms with E-state index < -0.39 is 0 Å². The molecule has 0 aliphatic carbocycles. The molecule has 1 N–H and O–H groups in total. The summed E-state index contributed by atoms with van der Waals surface area (Å²) in [4.78, 5) is 21.0. The lowest BCUT2D eigenvalue weighted by atomic mass is 10.1. The number of nitrogens with zero attached hydrogens (tertiary/aromatic N) is 2. The minimum absolute atomic E-state index is 0.118. The van der Waals surface area contributed by atoms with Gasteiger partial charge in [-0.2, -0.15) is 0 Å². The van der Waals surface area contributed by atoms with Gasteiger partial charge in [-0.25, -0.2) is 0 Å². The zero-order valence-corrected chi connectivity index (χ0v) is 17.8. The van der Waals surface area contributed by atoms with E-state index in [-0.39, 0.29) is 5.91 Å². The van der Waals surface area contributed by atoms with E-state index in [1.165, 1.54) is 5.56 Å². The van der Waals surface area contributed by atoms with E-state index in [0.29, 0.717) is 6.79 Å². The number of amides is 1. The van der Waals surface area contributed by atoms with Gasteiger partial charge in [-0.15, -0.1) is 0 Å². The molecular formula is C26H25N3O3. The maximum Gasteiger partial charge on any atom is 0.253 e. The van der Waals surface area contributed by atoms with Crippen LogP contribution in [0.3, 0.4) is 0 Å². The average Bonchev–Trinajstić information content (AvgIpc) is 3.46. The zero-order chi connectivity index (χ0) is 21.5. The van der Waals surface area contributed by atoms with Crippen molar-refractivity contribution in [3.8, 4) is 11.5 Å². The van der Waals surface area contributed by atoms with Crippen LogP contribution in [0.2, 0.25) is 0 Å². The Morgan fingerprint density at radius 2 is 1.66 bits per heavy atom. The van der Waals surface area contributed by atoms with Crippen LogP contribution in [0.5, 0.6) is 11.5 Å². The first-order chi connectivity index (χ1) is 15.7. The van der Waals surface area contributed by atoms with Crippen molar-refractivity contribution < 1.29 is 14.3 Å². The molecule has 162 valence electrons. The van der Waals surface area contributed by atoms with E-state index in [1.54, 1.807) is 0 Å². The second-order valence-corrected chi connectivity index (χ2v) is 8.50. The van der Waals surface area contributed by atoms with Gasteiger partial charge in [-0.1, -0.05) is 24.3 Å². The highest BCUT2D eigenvalue weighted by atomic mass is 16.7. The van der Waals surface area contributed by atoms with E-state index in [1.807, 2.05) is 41.3 Å². The lowest BCUT2D eigenvalue weighted by Gasteiger charge is -2.34. The predicted octanol–water partition coefficient (Wildman–Crippen LogP) is 4.05. The third-order valence-corrected chi connectivity index (χ3v) is 6.57. The Morgan fingerprint density at radius 3 is 2.56 bits per heavy atom. The molecule has 3 heterocycles. The Labute approximate surface area is 186 Å². The topological polar surface area (TPSA) is 57.8 Å². The lowest BCUT2D eigenvalue weighted by molar-refractivity contribution is 0.0638. The number of piperazine rings is 1. The standard InChI is InChI=1S/C26H25N3O3/c30-26(19-6-7-23-21(16-19)20-3-1-2-4-22(20)27-23)29-13-11-28(12-14-29)10-9-18-5-8-24-25(15-18)32-17-31-24/h1-8,15-16,27H,9-14,17H2. The van der Waals surface area contributed by atoms with Crippen molar-refractivity contribution in [1.29, 1.82) is 0 Å². The van der Waals surface area contributed by atoms with Gasteiger partial charge < -0.3 is 19.4 Å². The van der Waals surface area contributed by atoms with Gasteiger partial charge in [0.1, 0.15) is 0 Å². The number of carbonyl (C=O) groups is 1. The van der Waals surface area contributed by atoms with Gasteiger partial charge in [-0.05, 0) is 48.4 Å². The summed E-state index contributed by atoms with van der Waals surface area (Å²) in [7, 11) is 0. The quantitative estimate of drug-likeness (QED) is 0.534.